The van der Waals surface area contributed by atoms with Crippen molar-refractivity contribution in [2.45, 2.75) is 6.92 Å². The highest BCUT2D eigenvalue weighted by Crippen LogP contribution is 2.28. The van der Waals surface area contributed by atoms with Crippen molar-refractivity contribution in [3.05, 3.63) is 63.7 Å². The molecule has 0 atom stereocenters. The minimum atomic E-state index is -0.121. The highest BCUT2D eigenvalue weighted by Gasteiger charge is 2.17. The average Bonchev–Trinajstić information content (AvgIpc) is 3.06. The summed E-state index contributed by atoms with van der Waals surface area (Å²) in [5.41, 5.74) is 4.09. The van der Waals surface area contributed by atoms with E-state index in [9.17, 15) is 4.79 Å². The van der Waals surface area contributed by atoms with Gasteiger partial charge < -0.3 is 0 Å². The van der Waals surface area contributed by atoms with E-state index in [-0.39, 0.29) is 5.91 Å². The number of pyridine rings is 1. The van der Waals surface area contributed by atoms with Crippen molar-refractivity contribution >= 4 is 63.3 Å². The van der Waals surface area contributed by atoms with Gasteiger partial charge in [-0.2, -0.15) is 5.10 Å². The lowest BCUT2D eigenvalue weighted by Gasteiger charge is -2.17. The van der Waals surface area contributed by atoms with Crippen molar-refractivity contribution in [1.29, 1.82) is 0 Å². The first kappa shape index (κ1) is 18.3. The van der Waals surface area contributed by atoms with E-state index in [4.69, 9.17) is 23.2 Å². The second kappa shape index (κ2) is 8.27. The molecule has 0 radical (unpaired) electrons. The van der Waals surface area contributed by atoms with Gasteiger partial charge in [-0.05, 0) is 18.2 Å². The zero-order valence-corrected chi connectivity index (χ0v) is 15.9. The molecule has 0 aliphatic heterocycles. The van der Waals surface area contributed by atoms with E-state index in [0.717, 1.165) is 5.69 Å². The van der Waals surface area contributed by atoms with Crippen LogP contribution in [-0.2, 0) is 4.79 Å². The number of hydrazone groups is 1. The summed E-state index contributed by atoms with van der Waals surface area (Å²) in [6.07, 6.45) is 2.99. The molecule has 0 saturated heterocycles. The summed E-state index contributed by atoms with van der Waals surface area (Å²) in [6.45, 7) is 1.50. The zero-order valence-electron chi connectivity index (χ0n) is 13.6. The second-order valence-corrected chi connectivity index (χ2v) is 6.78. The first-order valence-corrected chi connectivity index (χ1v) is 9.09. The van der Waals surface area contributed by atoms with E-state index < -0.39 is 0 Å². The quantitative estimate of drug-likeness (QED) is 0.480. The average molecular weight is 406 g/mol. The third kappa shape index (κ3) is 4.37. The summed E-state index contributed by atoms with van der Waals surface area (Å²) in [5.74, 6) is 0.265. The zero-order chi connectivity index (χ0) is 18.5. The molecule has 2 heterocycles. The summed E-state index contributed by atoms with van der Waals surface area (Å²) < 4.78 is 0. The summed E-state index contributed by atoms with van der Waals surface area (Å²) in [7, 11) is 0. The fraction of sp³-hybridized carbons (Fsp3) is 0.0588. The van der Waals surface area contributed by atoms with Crippen LogP contribution in [0.1, 0.15) is 12.6 Å². The molecule has 3 rings (SSSR count). The van der Waals surface area contributed by atoms with E-state index in [1.165, 1.54) is 30.7 Å². The molecule has 3 aromatic rings. The third-order valence-electron chi connectivity index (χ3n) is 3.21. The molecule has 0 aliphatic carbocycles. The van der Waals surface area contributed by atoms with Crippen LogP contribution in [0.5, 0.6) is 0 Å². The normalized spacial score (nSPS) is 10.9. The maximum Gasteiger partial charge on any atom is 0.230 e. The number of hydrogen-bond donors (Lipinski definition) is 1. The summed E-state index contributed by atoms with van der Waals surface area (Å²) >= 11 is 13.2. The van der Waals surface area contributed by atoms with Crippen LogP contribution in [0, 0.1) is 0 Å². The Kier molecular flexibility index (Phi) is 5.82. The van der Waals surface area contributed by atoms with Crippen LogP contribution >= 0.6 is 34.5 Å². The van der Waals surface area contributed by atoms with Crippen molar-refractivity contribution < 1.29 is 4.79 Å². The third-order valence-corrected chi connectivity index (χ3v) is 4.54. The Labute approximate surface area is 164 Å². The molecule has 0 aliphatic rings. The van der Waals surface area contributed by atoms with Crippen LogP contribution < -0.4 is 10.3 Å². The molecule has 2 aromatic heterocycles. The molecule has 0 fully saturated rings. The molecule has 9 heteroatoms. The minimum absolute atomic E-state index is 0.121. The number of carbonyl (C=O) groups excluding carboxylic acids is 1. The monoisotopic (exact) mass is 405 g/mol. The maximum absolute atomic E-state index is 12.0. The number of thiazole rings is 1. The molecule has 6 nitrogen and oxygen atoms in total. The lowest BCUT2D eigenvalue weighted by atomic mass is 10.3. The molecule has 0 bridgehead atoms. The van der Waals surface area contributed by atoms with Gasteiger partial charge in [0.1, 0.15) is 0 Å². The van der Waals surface area contributed by atoms with Gasteiger partial charge in [-0.1, -0.05) is 41.4 Å². The van der Waals surface area contributed by atoms with Gasteiger partial charge in [0.25, 0.3) is 0 Å². The van der Waals surface area contributed by atoms with Crippen molar-refractivity contribution in [3.63, 3.8) is 0 Å². The Balaban J connectivity index is 1.75. The van der Waals surface area contributed by atoms with Gasteiger partial charge in [0.15, 0.2) is 10.9 Å². The van der Waals surface area contributed by atoms with Crippen LogP contribution in [0.25, 0.3) is 0 Å². The summed E-state index contributed by atoms with van der Waals surface area (Å²) in [6, 6.07) is 10.9. The number of halogens is 2. The Morgan fingerprint density at radius 2 is 2.08 bits per heavy atom. The van der Waals surface area contributed by atoms with Crippen LogP contribution in [0.3, 0.4) is 0 Å². The number of aromatic nitrogens is 2. The molecule has 1 amide bonds. The van der Waals surface area contributed by atoms with Gasteiger partial charge in [0, 0.05) is 18.5 Å². The van der Waals surface area contributed by atoms with Gasteiger partial charge in [-0.15, -0.1) is 11.3 Å². The summed E-state index contributed by atoms with van der Waals surface area (Å²) in [5, 5.41) is 7.24. The largest absolute Gasteiger partial charge is 0.274 e. The smallest absolute Gasteiger partial charge is 0.230 e. The fourth-order valence-corrected chi connectivity index (χ4v) is 3.36. The molecule has 0 unspecified atom stereocenters. The predicted molar refractivity (Wildman–Crippen MR) is 107 cm³/mol. The van der Waals surface area contributed by atoms with Gasteiger partial charge >= 0.3 is 0 Å². The van der Waals surface area contributed by atoms with E-state index in [1.54, 1.807) is 16.3 Å². The van der Waals surface area contributed by atoms with Crippen LogP contribution in [-0.4, -0.2) is 22.1 Å². The summed E-state index contributed by atoms with van der Waals surface area (Å²) in [4.78, 5) is 22.1. The highest BCUT2D eigenvalue weighted by molar-refractivity contribution is 7.14. The van der Waals surface area contributed by atoms with Crippen molar-refractivity contribution in [2.75, 3.05) is 10.3 Å². The molecule has 1 N–H and O–H groups in total. The molecule has 0 spiro atoms. The number of hydrogen-bond acceptors (Lipinski definition) is 6. The van der Waals surface area contributed by atoms with E-state index >= 15 is 0 Å². The van der Waals surface area contributed by atoms with Crippen LogP contribution in [0.4, 0.5) is 16.6 Å². The van der Waals surface area contributed by atoms with E-state index in [1.807, 2.05) is 30.3 Å². The number of carbonyl (C=O) groups is 1. The lowest BCUT2D eigenvalue weighted by molar-refractivity contribution is -0.115. The molecule has 0 saturated carbocycles. The topological polar surface area (TPSA) is 70.5 Å². The van der Waals surface area contributed by atoms with Crippen molar-refractivity contribution in [3.8, 4) is 0 Å². The Hall–Kier alpha value is -2.48. The number of nitrogens with one attached hydrogen (secondary N) is 1. The van der Waals surface area contributed by atoms with E-state index in [0.29, 0.717) is 26.7 Å². The first-order chi connectivity index (χ1) is 12.5. The molecule has 1 aromatic carbocycles. The SMILES string of the molecule is CC(=O)N(c1ccccc1)c1nc(/C=N\Nc2ncc(Cl)cc2Cl)cs1. The first-order valence-electron chi connectivity index (χ1n) is 7.46. The Bertz CT molecular complexity index is 945. The molecular weight excluding hydrogens is 393 g/mol. The number of para-hydroxylation sites is 1. The highest BCUT2D eigenvalue weighted by atomic mass is 35.5. The van der Waals surface area contributed by atoms with Gasteiger partial charge in [-0.3, -0.25) is 15.1 Å². The standard InChI is InChI=1S/C17H13Cl2N5OS/c1-11(25)24(14-5-3-2-4-6-14)17-22-13(10-26-17)9-21-23-16-15(19)7-12(18)8-20-16/h2-10H,1H3,(H,20,23)/b21-9-. The number of amides is 1. The number of rotatable bonds is 5. The maximum atomic E-state index is 12.0. The van der Waals surface area contributed by atoms with Gasteiger partial charge in [-0.25, -0.2) is 9.97 Å². The van der Waals surface area contributed by atoms with Crippen LogP contribution in [0.2, 0.25) is 10.0 Å². The van der Waals surface area contributed by atoms with Crippen molar-refractivity contribution in [1.82, 2.24) is 9.97 Å². The minimum Gasteiger partial charge on any atom is -0.274 e. The number of nitrogens with zero attached hydrogens (tertiary/aromatic N) is 4. The molecular formula is C17H13Cl2N5OS. The van der Waals surface area contributed by atoms with E-state index in [2.05, 4.69) is 20.5 Å². The fourth-order valence-electron chi connectivity index (χ4n) is 2.10. The molecule has 26 heavy (non-hydrogen) atoms. The van der Waals surface area contributed by atoms with Gasteiger partial charge in [0.2, 0.25) is 5.91 Å². The predicted octanol–water partition coefficient (Wildman–Crippen LogP) is 4.98. The van der Waals surface area contributed by atoms with Crippen molar-refractivity contribution in [2.24, 2.45) is 5.10 Å². The van der Waals surface area contributed by atoms with Crippen LogP contribution in [0.15, 0.2) is 53.1 Å². The lowest BCUT2D eigenvalue weighted by Crippen LogP contribution is -2.22. The Morgan fingerprint density at radius 1 is 1.31 bits per heavy atom. The van der Waals surface area contributed by atoms with Gasteiger partial charge in [0.05, 0.1) is 27.6 Å². The Morgan fingerprint density at radius 3 is 2.77 bits per heavy atom. The second-order valence-electron chi connectivity index (χ2n) is 5.10. The number of benzene rings is 1. The molecule has 132 valence electrons. The number of anilines is 3.